The Bertz CT molecular complexity index is 959. The van der Waals surface area contributed by atoms with Crippen molar-refractivity contribution in [2.75, 3.05) is 24.6 Å². The third kappa shape index (κ3) is 5.06. The fraction of sp³-hybridized carbons (Fsp3) is 0.462. The van der Waals surface area contributed by atoms with Crippen molar-refractivity contribution in [1.82, 2.24) is 4.90 Å². The summed E-state index contributed by atoms with van der Waals surface area (Å²) in [6.45, 7) is 13.4. The first-order chi connectivity index (χ1) is 15.2. The van der Waals surface area contributed by atoms with Gasteiger partial charge in [0.1, 0.15) is 5.75 Å². The van der Waals surface area contributed by atoms with Crippen molar-refractivity contribution in [3.63, 3.8) is 0 Å². The van der Waals surface area contributed by atoms with Gasteiger partial charge in [-0.05, 0) is 75.4 Å². The second kappa shape index (κ2) is 9.63. The van der Waals surface area contributed by atoms with Gasteiger partial charge in [0.05, 0.1) is 6.61 Å². The highest BCUT2D eigenvalue weighted by atomic mass is 16.6. The molecular weight excluding hydrogens is 404 g/mol. The number of hydrogen-bond donors (Lipinski definition) is 0. The zero-order valence-corrected chi connectivity index (χ0v) is 20.0. The number of esters is 1. The molecule has 32 heavy (non-hydrogen) atoms. The van der Waals surface area contributed by atoms with Gasteiger partial charge in [0.15, 0.2) is 5.60 Å². The quantitative estimate of drug-likeness (QED) is 0.543. The van der Waals surface area contributed by atoms with Gasteiger partial charge in [0, 0.05) is 25.3 Å². The summed E-state index contributed by atoms with van der Waals surface area (Å²) >= 11 is 0. The third-order valence-electron chi connectivity index (χ3n) is 5.77. The summed E-state index contributed by atoms with van der Waals surface area (Å²) in [7, 11) is 0. The highest BCUT2D eigenvalue weighted by Crippen LogP contribution is 2.30. The molecule has 0 radical (unpaired) electrons. The van der Waals surface area contributed by atoms with E-state index in [1.807, 2.05) is 47.9 Å². The van der Waals surface area contributed by atoms with Crippen LogP contribution < -0.4 is 9.64 Å². The first-order valence-electron chi connectivity index (χ1n) is 11.3. The van der Waals surface area contributed by atoms with Crippen LogP contribution in [0.25, 0.3) is 0 Å². The lowest BCUT2D eigenvalue weighted by molar-refractivity contribution is -0.158. The molecule has 3 rings (SSSR count). The van der Waals surface area contributed by atoms with Crippen LogP contribution in [0, 0.1) is 13.8 Å². The maximum absolute atomic E-state index is 13.0. The molecule has 0 saturated carbocycles. The lowest BCUT2D eigenvalue weighted by Gasteiger charge is -2.27. The molecule has 0 aliphatic carbocycles. The molecule has 6 heteroatoms. The van der Waals surface area contributed by atoms with Gasteiger partial charge in [-0.3, -0.25) is 4.90 Å². The molecule has 1 aliphatic heterocycles. The highest BCUT2D eigenvalue weighted by molar-refractivity contribution is 5.94. The van der Waals surface area contributed by atoms with Gasteiger partial charge in [-0.1, -0.05) is 31.2 Å². The molecule has 1 saturated heterocycles. The Kier molecular flexibility index (Phi) is 7.12. The summed E-state index contributed by atoms with van der Waals surface area (Å²) in [5.74, 6) is 0.287. The first kappa shape index (κ1) is 23.6. The van der Waals surface area contributed by atoms with Crippen LogP contribution in [0.15, 0.2) is 36.4 Å². The summed E-state index contributed by atoms with van der Waals surface area (Å²) in [4.78, 5) is 28.9. The number of amides is 2. The molecule has 0 atom stereocenters. The zero-order valence-electron chi connectivity index (χ0n) is 20.0. The van der Waals surface area contributed by atoms with Crippen LogP contribution in [0.4, 0.5) is 10.5 Å². The van der Waals surface area contributed by atoms with Crippen LogP contribution in [0.5, 0.6) is 5.75 Å². The van der Waals surface area contributed by atoms with Crippen molar-refractivity contribution < 1.29 is 19.1 Å². The molecule has 1 heterocycles. The minimum atomic E-state index is -1.08. The number of nitrogens with zero attached hydrogens (tertiary/aromatic N) is 2. The monoisotopic (exact) mass is 438 g/mol. The average molecular weight is 439 g/mol. The predicted octanol–water partition coefficient (Wildman–Crippen LogP) is 5.03. The molecule has 0 aromatic heterocycles. The lowest BCUT2D eigenvalue weighted by Crippen LogP contribution is -2.40. The molecule has 0 N–H and O–H groups in total. The lowest BCUT2D eigenvalue weighted by atomic mass is 10.0. The van der Waals surface area contributed by atoms with Crippen molar-refractivity contribution in [2.24, 2.45) is 0 Å². The number of carbonyl (C=O) groups excluding carboxylic acids is 2. The Morgan fingerprint density at radius 1 is 1.00 bits per heavy atom. The normalized spacial score (nSPS) is 14.1. The van der Waals surface area contributed by atoms with Crippen LogP contribution in [-0.4, -0.2) is 42.2 Å². The van der Waals surface area contributed by atoms with E-state index in [2.05, 4.69) is 19.1 Å². The van der Waals surface area contributed by atoms with E-state index in [1.54, 1.807) is 20.8 Å². The molecule has 1 aliphatic rings. The molecule has 0 spiro atoms. The average Bonchev–Trinajstić information content (AvgIpc) is 3.11. The van der Waals surface area contributed by atoms with Gasteiger partial charge in [0.2, 0.25) is 0 Å². The topological polar surface area (TPSA) is 59.1 Å². The van der Waals surface area contributed by atoms with Crippen LogP contribution in [-0.2, 0) is 22.5 Å². The number of urea groups is 1. The number of ether oxygens (including phenoxy) is 2. The molecule has 1 fully saturated rings. The van der Waals surface area contributed by atoms with Crippen LogP contribution in [0.2, 0.25) is 0 Å². The summed E-state index contributed by atoms with van der Waals surface area (Å²) in [6, 6.07) is 12.3. The van der Waals surface area contributed by atoms with Crippen LogP contribution in [0.3, 0.4) is 0 Å². The van der Waals surface area contributed by atoms with Crippen molar-refractivity contribution >= 4 is 17.7 Å². The molecular formula is C26H34N2O4. The number of hydrogen-bond acceptors (Lipinski definition) is 4. The maximum Gasteiger partial charge on any atom is 0.349 e. The Morgan fingerprint density at radius 2 is 1.62 bits per heavy atom. The molecule has 2 aromatic carbocycles. The summed E-state index contributed by atoms with van der Waals surface area (Å²) in [6.07, 6.45) is 0.982. The number of aryl methyl sites for hydroxylation is 3. The molecule has 6 nitrogen and oxygen atoms in total. The smallest absolute Gasteiger partial charge is 0.349 e. The fourth-order valence-electron chi connectivity index (χ4n) is 3.99. The minimum Gasteiger partial charge on any atom is -0.476 e. The van der Waals surface area contributed by atoms with Gasteiger partial charge in [-0.2, -0.15) is 0 Å². The molecule has 0 bridgehead atoms. The van der Waals surface area contributed by atoms with E-state index in [9.17, 15) is 9.59 Å². The van der Waals surface area contributed by atoms with Gasteiger partial charge in [0.25, 0.3) is 0 Å². The van der Waals surface area contributed by atoms with Crippen molar-refractivity contribution in [3.05, 3.63) is 58.7 Å². The first-order valence-corrected chi connectivity index (χ1v) is 11.3. The van der Waals surface area contributed by atoms with E-state index in [1.165, 1.54) is 5.56 Å². The van der Waals surface area contributed by atoms with E-state index in [-0.39, 0.29) is 6.03 Å². The maximum atomic E-state index is 13.0. The van der Waals surface area contributed by atoms with Gasteiger partial charge in [-0.25, -0.2) is 9.59 Å². The zero-order chi connectivity index (χ0) is 23.5. The number of benzene rings is 2. The summed E-state index contributed by atoms with van der Waals surface area (Å²) < 4.78 is 11.2. The summed E-state index contributed by atoms with van der Waals surface area (Å²) in [5.41, 5.74) is 4.01. The van der Waals surface area contributed by atoms with Crippen molar-refractivity contribution in [1.29, 1.82) is 0 Å². The van der Waals surface area contributed by atoms with E-state index < -0.39 is 11.6 Å². The minimum absolute atomic E-state index is 0.0216. The third-order valence-corrected chi connectivity index (χ3v) is 5.77. The molecule has 0 unspecified atom stereocenters. The van der Waals surface area contributed by atoms with Crippen molar-refractivity contribution in [2.45, 2.75) is 60.1 Å². The van der Waals surface area contributed by atoms with E-state index in [4.69, 9.17) is 9.47 Å². The molecule has 172 valence electrons. The Labute approximate surface area is 191 Å². The van der Waals surface area contributed by atoms with Crippen LogP contribution >= 0.6 is 0 Å². The van der Waals surface area contributed by atoms with Crippen molar-refractivity contribution in [3.8, 4) is 5.75 Å². The molecule has 2 amide bonds. The van der Waals surface area contributed by atoms with Crippen LogP contribution in [0.1, 0.15) is 49.9 Å². The number of rotatable bonds is 8. The number of carbonyl (C=O) groups is 2. The van der Waals surface area contributed by atoms with E-state index >= 15 is 0 Å². The second-order valence-electron chi connectivity index (χ2n) is 8.77. The predicted molar refractivity (Wildman–Crippen MR) is 126 cm³/mol. The Morgan fingerprint density at radius 3 is 2.19 bits per heavy atom. The van der Waals surface area contributed by atoms with E-state index in [0.29, 0.717) is 32.0 Å². The van der Waals surface area contributed by atoms with Gasteiger partial charge < -0.3 is 14.4 Å². The highest BCUT2D eigenvalue weighted by Gasteiger charge is 2.33. The van der Waals surface area contributed by atoms with Gasteiger partial charge in [-0.15, -0.1) is 0 Å². The SMILES string of the molecule is CCOC(=O)C(C)(C)Oc1c(C)cc(CN2CCN(c3ccc(CC)cc3)C2=O)cc1C. The standard InChI is InChI=1S/C26H34N2O4/c1-7-20-9-11-22(12-10-20)28-14-13-27(25(28)30)17-21-15-18(3)23(19(4)16-21)32-26(5,6)24(29)31-8-2/h9-12,15-16H,7-8,13-14,17H2,1-6H3. The number of anilines is 1. The summed E-state index contributed by atoms with van der Waals surface area (Å²) in [5, 5.41) is 0. The largest absolute Gasteiger partial charge is 0.476 e. The van der Waals surface area contributed by atoms with Gasteiger partial charge >= 0.3 is 12.0 Å². The second-order valence-corrected chi connectivity index (χ2v) is 8.77. The Hall–Kier alpha value is -3.02. The molecule has 2 aromatic rings. The Balaban J connectivity index is 1.71. The van der Waals surface area contributed by atoms with E-state index in [0.717, 1.165) is 28.8 Å². The fourth-order valence-corrected chi connectivity index (χ4v) is 3.99.